The van der Waals surface area contributed by atoms with E-state index in [-0.39, 0.29) is 35.6 Å². The van der Waals surface area contributed by atoms with Crippen molar-refractivity contribution in [2.45, 2.75) is 38.1 Å². The van der Waals surface area contributed by atoms with E-state index in [1.807, 2.05) is 13.0 Å². The molecule has 2 N–H and O–H groups in total. The number of aryl methyl sites for hydroxylation is 2. The summed E-state index contributed by atoms with van der Waals surface area (Å²) in [7, 11) is -3.67. The summed E-state index contributed by atoms with van der Waals surface area (Å²) in [5, 5.41) is 2.77. The summed E-state index contributed by atoms with van der Waals surface area (Å²) in [6, 6.07) is 10.8. The van der Waals surface area contributed by atoms with E-state index >= 15 is 0 Å². The first kappa shape index (κ1) is 20.1. The molecule has 7 heteroatoms. The van der Waals surface area contributed by atoms with E-state index < -0.39 is 10.0 Å². The van der Waals surface area contributed by atoms with Crippen molar-refractivity contribution in [3.8, 4) is 0 Å². The smallest absolute Gasteiger partial charge is 0.240 e. The van der Waals surface area contributed by atoms with E-state index in [4.69, 9.17) is 0 Å². The van der Waals surface area contributed by atoms with Gasteiger partial charge in [-0.25, -0.2) is 17.5 Å². The van der Waals surface area contributed by atoms with Crippen molar-refractivity contribution in [1.29, 1.82) is 0 Å². The van der Waals surface area contributed by atoms with Crippen molar-refractivity contribution < 1.29 is 17.6 Å². The Bertz CT molecular complexity index is 880. The number of carbonyl (C=O) groups is 1. The largest absolute Gasteiger partial charge is 0.350 e. The lowest BCUT2D eigenvalue weighted by molar-refractivity contribution is -0.121. The molecule has 2 rings (SSSR count). The molecule has 0 saturated carbocycles. The number of rotatable bonds is 7. The lowest BCUT2D eigenvalue weighted by Gasteiger charge is -2.15. The van der Waals surface area contributed by atoms with Crippen LogP contribution in [0.5, 0.6) is 0 Å². The Hall–Kier alpha value is -2.25. The highest BCUT2D eigenvalue weighted by molar-refractivity contribution is 7.89. The molecular weight excluding hydrogens is 355 g/mol. The van der Waals surface area contributed by atoms with Crippen molar-refractivity contribution in [1.82, 2.24) is 10.0 Å². The number of nitrogens with one attached hydrogen (secondary N) is 2. The van der Waals surface area contributed by atoms with Crippen LogP contribution in [0.2, 0.25) is 0 Å². The van der Waals surface area contributed by atoms with Crippen LogP contribution in [0.25, 0.3) is 0 Å². The molecule has 2 aromatic rings. The molecule has 1 atom stereocenters. The number of amides is 1. The van der Waals surface area contributed by atoms with Gasteiger partial charge in [0.2, 0.25) is 15.9 Å². The zero-order valence-electron chi connectivity index (χ0n) is 15.0. The van der Waals surface area contributed by atoms with E-state index in [1.54, 1.807) is 38.1 Å². The van der Waals surface area contributed by atoms with Crippen LogP contribution < -0.4 is 10.0 Å². The minimum absolute atomic E-state index is 0.00230. The van der Waals surface area contributed by atoms with Gasteiger partial charge in [-0.2, -0.15) is 0 Å². The molecule has 0 aromatic heterocycles. The van der Waals surface area contributed by atoms with Gasteiger partial charge >= 0.3 is 0 Å². The summed E-state index contributed by atoms with van der Waals surface area (Å²) < 4.78 is 40.2. The molecule has 0 spiro atoms. The van der Waals surface area contributed by atoms with Crippen LogP contribution in [0.15, 0.2) is 47.4 Å². The van der Waals surface area contributed by atoms with Crippen LogP contribution in [0.1, 0.15) is 36.1 Å². The van der Waals surface area contributed by atoms with Gasteiger partial charge < -0.3 is 5.32 Å². The van der Waals surface area contributed by atoms with Gasteiger partial charge in [0.15, 0.2) is 0 Å². The number of carbonyl (C=O) groups excluding carboxylic acids is 1. The highest BCUT2D eigenvalue weighted by Crippen LogP contribution is 2.16. The summed E-state index contributed by atoms with van der Waals surface area (Å²) in [6.45, 7) is 5.33. The minimum atomic E-state index is -3.67. The fourth-order valence-corrected chi connectivity index (χ4v) is 3.88. The Morgan fingerprint density at radius 1 is 1.12 bits per heavy atom. The molecule has 140 valence electrons. The zero-order valence-corrected chi connectivity index (χ0v) is 15.9. The Kier molecular flexibility index (Phi) is 6.50. The first-order chi connectivity index (χ1) is 12.2. The first-order valence-corrected chi connectivity index (χ1v) is 9.79. The summed E-state index contributed by atoms with van der Waals surface area (Å²) in [5.74, 6) is -0.626. The molecule has 5 nitrogen and oxygen atoms in total. The number of hydrogen-bond donors (Lipinski definition) is 2. The Balaban J connectivity index is 1.89. The minimum Gasteiger partial charge on any atom is -0.350 e. The van der Waals surface area contributed by atoms with E-state index in [0.717, 1.165) is 11.1 Å². The topological polar surface area (TPSA) is 75.3 Å². The Morgan fingerprint density at radius 3 is 2.42 bits per heavy atom. The van der Waals surface area contributed by atoms with Crippen molar-refractivity contribution in [2.75, 3.05) is 6.54 Å². The fraction of sp³-hybridized carbons (Fsp3) is 0.316. The molecule has 0 aliphatic rings. The molecule has 0 saturated heterocycles. The molecule has 0 fully saturated rings. The van der Waals surface area contributed by atoms with E-state index in [0.29, 0.717) is 5.56 Å². The van der Waals surface area contributed by atoms with Gasteiger partial charge in [0.1, 0.15) is 5.82 Å². The van der Waals surface area contributed by atoms with Gasteiger partial charge in [-0.1, -0.05) is 24.3 Å². The number of hydrogen-bond acceptors (Lipinski definition) is 3. The van der Waals surface area contributed by atoms with Gasteiger partial charge in [-0.05, 0) is 55.7 Å². The summed E-state index contributed by atoms with van der Waals surface area (Å²) in [6.07, 6.45) is 0.00955. The number of sulfonamides is 1. The second-order valence-electron chi connectivity index (χ2n) is 6.26. The van der Waals surface area contributed by atoms with Crippen molar-refractivity contribution >= 4 is 15.9 Å². The quantitative estimate of drug-likeness (QED) is 0.778. The lowest BCUT2D eigenvalue weighted by Crippen LogP contribution is -2.32. The SMILES string of the molecule is Cc1ccc(C)c(S(=O)(=O)NCCC(=O)NC(C)c2ccc(F)cc2)c1. The molecule has 26 heavy (non-hydrogen) atoms. The van der Waals surface area contributed by atoms with Gasteiger partial charge in [0, 0.05) is 13.0 Å². The Labute approximate surface area is 153 Å². The molecule has 1 unspecified atom stereocenters. The van der Waals surface area contributed by atoms with Crippen LogP contribution in [0.3, 0.4) is 0 Å². The maximum absolute atomic E-state index is 12.9. The number of halogens is 1. The second kappa shape index (κ2) is 8.42. The van der Waals surface area contributed by atoms with Gasteiger partial charge in [0.05, 0.1) is 10.9 Å². The van der Waals surface area contributed by atoms with Crippen LogP contribution in [-0.2, 0) is 14.8 Å². The van der Waals surface area contributed by atoms with Crippen molar-refractivity contribution in [2.24, 2.45) is 0 Å². The van der Waals surface area contributed by atoms with Gasteiger partial charge in [0.25, 0.3) is 0 Å². The highest BCUT2D eigenvalue weighted by Gasteiger charge is 2.17. The van der Waals surface area contributed by atoms with Gasteiger partial charge in [-0.3, -0.25) is 4.79 Å². The first-order valence-electron chi connectivity index (χ1n) is 8.31. The van der Waals surface area contributed by atoms with Crippen molar-refractivity contribution in [3.63, 3.8) is 0 Å². The Morgan fingerprint density at radius 2 is 1.77 bits per heavy atom. The molecule has 0 radical (unpaired) electrons. The normalized spacial score (nSPS) is 12.6. The predicted octanol–water partition coefficient (Wildman–Crippen LogP) is 2.99. The molecule has 0 heterocycles. The van der Waals surface area contributed by atoms with E-state index in [2.05, 4.69) is 10.0 Å². The maximum atomic E-state index is 12.9. The van der Waals surface area contributed by atoms with E-state index in [1.165, 1.54) is 12.1 Å². The molecule has 1 amide bonds. The van der Waals surface area contributed by atoms with Crippen LogP contribution in [0, 0.1) is 19.7 Å². The van der Waals surface area contributed by atoms with Gasteiger partial charge in [-0.15, -0.1) is 0 Å². The number of benzene rings is 2. The average molecular weight is 378 g/mol. The van der Waals surface area contributed by atoms with Crippen molar-refractivity contribution in [3.05, 3.63) is 65.0 Å². The lowest BCUT2D eigenvalue weighted by atomic mass is 10.1. The molecular formula is C19H23FN2O3S. The van der Waals surface area contributed by atoms with Crippen LogP contribution >= 0.6 is 0 Å². The zero-order chi connectivity index (χ0) is 19.3. The molecule has 2 aromatic carbocycles. The molecule has 0 bridgehead atoms. The summed E-state index contributed by atoms with van der Waals surface area (Å²) in [4.78, 5) is 12.2. The van der Waals surface area contributed by atoms with E-state index in [9.17, 15) is 17.6 Å². The maximum Gasteiger partial charge on any atom is 0.240 e. The molecule has 0 aliphatic carbocycles. The third kappa shape index (κ3) is 5.37. The summed E-state index contributed by atoms with van der Waals surface area (Å²) >= 11 is 0. The third-order valence-corrected chi connectivity index (χ3v) is 5.63. The fourth-order valence-electron chi connectivity index (χ4n) is 2.52. The predicted molar refractivity (Wildman–Crippen MR) is 98.7 cm³/mol. The second-order valence-corrected chi connectivity index (χ2v) is 7.99. The average Bonchev–Trinajstić information content (AvgIpc) is 2.57. The monoisotopic (exact) mass is 378 g/mol. The van der Waals surface area contributed by atoms with Crippen LogP contribution in [0.4, 0.5) is 4.39 Å². The standard InChI is InChI=1S/C19H23FN2O3S/c1-13-4-5-14(2)18(12-13)26(24,25)21-11-10-19(23)22-15(3)16-6-8-17(20)9-7-16/h4-9,12,15,21H,10-11H2,1-3H3,(H,22,23). The van der Waals surface area contributed by atoms with Crippen LogP contribution in [-0.4, -0.2) is 20.9 Å². The summed E-state index contributed by atoms with van der Waals surface area (Å²) in [5.41, 5.74) is 2.27. The third-order valence-electron chi connectivity index (χ3n) is 4.02. The molecule has 0 aliphatic heterocycles. The highest BCUT2D eigenvalue weighted by atomic mass is 32.2.